The lowest BCUT2D eigenvalue weighted by molar-refractivity contribution is -0.123. The van der Waals surface area contributed by atoms with Gasteiger partial charge in [0.05, 0.1) is 19.1 Å². The summed E-state index contributed by atoms with van der Waals surface area (Å²) in [5.41, 5.74) is 0. The molecule has 0 aliphatic carbocycles. The number of rotatable bonds is 5. The quantitative estimate of drug-likeness (QED) is 0.797. The molecular formula is C13H12N2O6. The van der Waals surface area contributed by atoms with E-state index in [1.807, 2.05) is 5.32 Å². The average molecular weight is 292 g/mol. The summed E-state index contributed by atoms with van der Waals surface area (Å²) in [5.74, 6) is -1.02. The molecule has 2 rings (SSSR count). The second-order valence-electron chi connectivity index (χ2n) is 3.86. The van der Waals surface area contributed by atoms with Crippen molar-refractivity contribution in [3.63, 3.8) is 0 Å². The highest BCUT2D eigenvalue weighted by Gasteiger charge is 2.14. The number of carbonyl (C=O) groups excluding carboxylic acids is 3. The summed E-state index contributed by atoms with van der Waals surface area (Å²) in [5, 5.41) is 4.41. The molecule has 2 N–H and O–H groups in total. The zero-order valence-electron chi connectivity index (χ0n) is 10.8. The van der Waals surface area contributed by atoms with E-state index in [0.717, 1.165) is 0 Å². The van der Waals surface area contributed by atoms with Gasteiger partial charge < -0.3 is 18.9 Å². The van der Waals surface area contributed by atoms with Crippen LogP contribution in [0.2, 0.25) is 0 Å². The number of amides is 3. The standard InChI is InChI=1S/C13H12N2O6/c16-11(8-21-12(17)10-4-2-6-20-10)15-13(18)14-7-9-3-1-5-19-9/h1-6H,7-8H2,(H2,14,15,16,18). The first-order chi connectivity index (χ1) is 10.1. The highest BCUT2D eigenvalue weighted by molar-refractivity contribution is 5.96. The molecule has 8 nitrogen and oxygen atoms in total. The first kappa shape index (κ1) is 14.4. The van der Waals surface area contributed by atoms with Crippen LogP contribution in [0.3, 0.4) is 0 Å². The molecule has 2 heterocycles. The Morgan fingerprint density at radius 3 is 2.52 bits per heavy atom. The van der Waals surface area contributed by atoms with Gasteiger partial charge in [0.25, 0.3) is 5.91 Å². The Hall–Kier alpha value is -3.03. The van der Waals surface area contributed by atoms with Gasteiger partial charge in [-0.1, -0.05) is 0 Å². The second kappa shape index (κ2) is 6.94. The Bertz CT molecular complexity index is 603. The summed E-state index contributed by atoms with van der Waals surface area (Å²) in [7, 11) is 0. The SMILES string of the molecule is O=C(COC(=O)c1ccco1)NC(=O)NCc1ccco1. The van der Waals surface area contributed by atoms with Crippen molar-refractivity contribution < 1.29 is 28.0 Å². The number of urea groups is 1. The summed E-state index contributed by atoms with van der Waals surface area (Å²) in [6, 6.07) is 5.54. The molecule has 0 fully saturated rings. The van der Waals surface area contributed by atoms with Gasteiger partial charge in [0.15, 0.2) is 6.61 Å². The van der Waals surface area contributed by atoms with E-state index in [-0.39, 0.29) is 12.3 Å². The fourth-order valence-corrected chi connectivity index (χ4v) is 1.38. The van der Waals surface area contributed by atoms with Gasteiger partial charge >= 0.3 is 12.0 Å². The monoisotopic (exact) mass is 292 g/mol. The Morgan fingerprint density at radius 1 is 1.10 bits per heavy atom. The molecule has 0 saturated carbocycles. The molecule has 8 heteroatoms. The predicted octanol–water partition coefficient (Wildman–Crippen LogP) is 1.06. The van der Waals surface area contributed by atoms with E-state index >= 15 is 0 Å². The molecule has 0 spiro atoms. The minimum Gasteiger partial charge on any atom is -0.467 e. The van der Waals surface area contributed by atoms with E-state index < -0.39 is 24.5 Å². The van der Waals surface area contributed by atoms with Gasteiger partial charge in [0, 0.05) is 0 Å². The van der Waals surface area contributed by atoms with Crippen molar-refractivity contribution in [2.75, 3.05) is 6.61 Å². The minimum atomic E-state index is -0.786. The molecule has 0 aromatic carbocycles. The van der Waals surface area contributed by atoms with Crippen LogP contribution in [0.1, 0.15) is 16.3 Å². The number of carbonyl (C=O) groups is 3. The van der Waals surface area contributed by atoms with Crippen LogP contribution in [0, 0.1) is 0 Å². The molecule has 0 aliphatic rings. The third kappa shape index (κ3) is 4.53. The van der Waals surface area contributed by atoms with E-state index in [1.54, 1.807) is 12.1 Å². The number of imide groups is 1. The second-order valence-corrected chi connectivity index (χ2v) is 3.86. The first-order valence-corrected chi connectivity index (χ1v) is 5.96. The van der Waals surface area contributed by atoms with Gasteiger partial charge in [-0.05, 0) is 24.3 Å². The molecule has 3 amide bonds. The molecular weight excluding hydrogens is 280 g/mol. The van der Waals surface area contributed by atoms with E-state index in [1.165, 1.54) is 24.7 Å². The molecule has 0 bridgehead atoms. The van der Waals surface area contributed by atoms with E-state index in [9.17, 15) is 14.4 Å². The number of hydrogen-bond donors (Lipinski definition) is 2. The van der Waals surface area contributed by atoms with Crippen LogP contribution in [0.5, 0.6) is 0 Å². The van der Waals surface area contributed by atoms with Crippen molar-refractivity contribution >= 4 is 17.9 Å². The third-order valence-corrected chi connectivity index (χ3v) is 2.31. The minimum absolute atomic E-state index is 0.0231. The summed E-state index contributed by atoms with van der Waals surface area (Å²) >= 11 is 0. The summed E-state index contributed by atoms with van der Waals surface area (Å²) in [6.45, 7) is -0.452. The lowest BCUT2D eigenvalue weighted by Crippen LogP contribution is -2.41. The molecule has 21 heavy (non-hydrogen) atoms. The van der Waals surface area contributed by atoms with Crippen molar-refractivity contribution in [2.45, 2.75) is 6.54 Å². The van der Waals surface area contributed by atoms with E-state index in [2.05, 4.69) is 10.1 Å². The zero-order chi connectivity index (χ0) is 15.1. The normalized spacial score (nSPS) is 9.90. The van der Waals surface area contributed by atoms with Crippen molar-refractivity contribution in [1.29, 1.82) is 0 Å². The Morgan fingerprint density at radius 2 is 1.86 bits per heavy atom. The van der Waals surface area contributed by atoms with Gasteiger partial charge in [-0.3, -0.25) is 10.1 Å². The number of hydrogen-bond acceptors (Lipinski definition) is 6. The molecule has 0 radical (unpaired) electrons. The predicted molar refractivity (Wildman–Crippen MR) is 68.1 cm³/mol. The third-order valence-electron chi connectivity index (χ3n) is 2.31. The van der Waals surface area contributed by atoms with Crippen molar-refractivity contribution in [3.05, 3.63) is 48.3 Å². The van der Waals surface area contributed by atoms with Gasteiger partial charge in [-0.2, -0.15) is 0 Å². The molecule has 110 valence electrons. The van der Waals surface area contributed by atoms with Gasteiger partial charge in [-0.15, -0.1) is 0 Å². The van der Waals surface area contributed by atoms with Crippen molar-refractivity contribution in [1.82, 2.24) is 10.6 Å². The number of esters is 1. The number of nitrogens with one attached hydrogen (secondary N) is 2. The van der Waals surface area contributed by atoms with Crippen LogP contribution in [-0.2, 0) is 16.1 Å². The summed E-state index contributed by atoms with van der Waals surface area (Å²) in [6.07, 6.45) is 2.77. The topological polar surface area (TPSA) is 111 Å². The van der Waals surface area contributed by atoms with Crippen LogP contribution in [0.4, 0.5) is 4.79 Å². The largest absolute Gasteiger partial charge is 0.467 e. The highest BCUT2D eigenvalue weighted by Crippen LogP contribution is 2.01. The smallest absolute Gasteiger partial charge is 0.374 e. The summed E-state index contributed by atoms with van der Waals surface area (Å²) < 4.78 is 14.5. The zero-order valence-corrected chi connectivity index (χ0v) is 10.8. The van der Waals surface area contributed by atoms with Crippen LogP contribution in [0.25, 0.3) is 0 Å². The molecule has 0 aliphatic heterocycles. The number of ether oxygens (including phenoxy) is 1. The molecule has 2 aromatic heterocycles. The lowest BCUT2D eigenvalue weighted by atomic mass is 10.4. The molecule has 0 saturated heterocycles. The van der Waals surface area contributed by atoms with Crippen LogP contribution >= 0.6 is 0 Å². The fraction of sp³-hybridized carbons (Fsp3) is 0.154. The maximum absolute atomic E-state index is 11.4. The van der Waals surface area contributed by atoms with Crippen LogP contribution in [0.15, 0.2) is 45.6 Å². The van der Waals surface area contributed by atoms with Crippen LogP contribution < -0.4 is 10.6 Å². The molecule has 2 aromatic rings. The highest BCUT2D eigenvalue weighted by atomic mass is 16.5. The average Bonchev–Trinajstić information content (AvgIpc) is 3.15. The van der Waals surface area contributed by atoms with E-state index in [0.29, 0.717) is 5.76 Å². The van der Waals surface area contributed by atoms with Crippen molar-refractivity contribution in [3.8, 4) is 0 Å². The van der Waals surface area contributed by atoms with Crippen LogP contribution in [-0.4, -0.2) is 24.5 Å². The number of furan rings is 2. The van der Waals surface area contributed by atoms with Gasteiger partial charge in [0.1, 0.15) is 5.76 Å². The Labute approximate surface area is 119 Å². The van der Waals surface area contributed by atoms with Gasteiger partial charge in [0.2, 0.25) is 5.76 Å². The molecule has 0 atom stereocenters. The maximum Gasteiger partial charge on any atom is 0.374 e. The van der Waals surface area contributed by atoms with E-state index in [4.69, 9.17) is 8.83 Å². The lowest BCUT2D eigenvalue weighted by Gasteiger charge is -2.05. The van der Waals surface area contributed by atoms with Gasteiger partial charge in [-0.25, -0.2) is 9.59 Å². The summed E-state index contributed by atoms with van der Waals surface area (Å²) in [4.78, 5) is 34.1. The molecule has 0 unspecified atom stereocenters. The van der Waals surface area contributed by atoms with Crippen molar-refractivity contribution in [2.24, 2.45) is 0 Å². The fourth-order valence-electron chi connectivity index (χ4n) is 1.38. The Balaban J connectivity index is 1.67. The first-order valence-electron chi connectivity index (χ1n) is 5.96. The Kier molecular flexibility index (Phi) is 4.75. The maximum atomic E-state index is 11.4.